The van der Waals surface area contributed by atoms with Gasteiger partial charge in [-0.05, 0) is 60.4 Å². The Balaban J connectivity index is 1.71. The number of phenolic OH excluding ortho intramolecular Hbond substituents is 1. The van der Waals surface area contributed by atoms with Gasteiger partial charge in [-0.2, -0.15) is 14.9 Å². The summed E-state index contributed by atoms with van der Waals surface area (Å²) in [6, 6.07) is 12.1. The van der Waals surface area contributed by atoms with Crippen molar-refractivity contribution < 1.29 is 9.84 Å². The molecule has 2 aromatic heterocycles. The van der Waals surface area contributed by atoms with Gasteiger partial charge in [-0.3, -0.25) is 14.7 Å². The van der Waals surface area contributed by atoms with Crippen molar-refractivity contribution >= 4 is 29.3 Å². The molecule has 0 amide bonds. The van der Waals surface area contributed by atoms with Crippen molar-refractivity contribution in [2.45, 2.75) is 13.3 Å². The third-order valence-electron chi connectivity index (χ3n) is 4.87. The Hall–Kier alpha value is -4.05. The molecule has 0 unspecified atom stereocenters. The number of aromatic hydroxyl groups is 1. The van der Waals surface area contributed by atoms with Crippen LogP contribution >= 0.6 is 12.2 Å². The van der Waals surface area contributed by atoms with Crippen molar-refractivity contribution in [3.05, 3.63) is 90.3 Å². The first-order valence-corrected chi connectivity index (χ1v) is 10.0. The minimum Gasteiger partial charge on any atom is -0.504 e. The maximum atomic E-state index is 12.9. The summed E-state index contributed by atoms with van der Waals surface area (Å²) < 4.78 is 6.07. The van der Waals surface area contributed by atoms with Gasteiger partial charge in [0.1, 0.15) is 5.69 Å². The number of H-pyrrole nitrogens is 2. The molecule has 2 aromatic carbocycles. The van der Waals surface area contributed by atoms with E-state index in [1.165, 1.54) is 19.4 Å². The molecule has 0 atom stereocenters. The van der Waals surface area contributed by atoms with Gasteiger partial charge in [-0.1, -0.05) is 17.7 Å². The van der Waals surface area contributed by atoms with E-state index in [2.05, 4.69) is 20.3 Å². The van der Waals surface area contributed by atoms with Crippen molar-refractivity contribution in [3.8, 4) is 11.5 Å². The summed E-state index contributed by atoms with van der Waals surface area (Å²) in [5.74, 6) is 0.282. The molecule has 9 nitrogen and oxygen atoms in total. The summed E-state index contributed by atoms with van der Waals surface area (Å²) in [7, 11) is 1.44. The quantitative estimate of drug-likeness (QED) is 0.318. The number of rotatable bonds is 5. The number of phenols is 1. The number of hydrogen-bond donors (Lipinski definition) is 3. The van der Waals surface area contributed by atoms with Crippen LogP contribution in [0.4, 0.5) is 0 Å². The van der Waals surface area contributed by atoms with Crippen molar-refractivity contribution in [3.63, 3.8) is 0 Å². The Bertz CT molecular complexity index is 1530. The second-order valence-corrected chi connectivity index (χ2v) is 7.55. The minimum atomic E-state index is -0.523. The van der Waals surface area contributed by atoms with Gasteiger partial charge in [0.2, 0.25) is 4.77 Å². The summed E-state index contributed by atoms with van der Waals surface area (Å²) in [6.45, 7) is 1.96. The number of aryl methyl sites for hydroxylation is 1. The molecule has 32 heavy (non-hydrogen) atoms. The SMILES string of the molecule is COc1cc(Cc2n[nH]c(=S)n(/N=C/c3cc4cc(C)ccc4[nH]c3=O)c2=O)ccc1O. The molecule has 0 radical (unpaired) electrons. The number of benzene rings is 2. The van der Waals surface area contributed by atoms with Crippen LogP contribution in [0, 0.1) is 11.7 Å². The third kappa shape index (κ3) is 4.21. The topological polar surface area (TPSA) is 125 Å². The van der Waals surface area contributed by atoms with Crippen LogP contribution in [0.5, 0.6) is 11.5 Å². The van der Waals surface area contributed by atoms with E-state index in [0.717, 1.165) is 15.6 Å². The fraction of sp³-hybridized carbons (Fsp3) is 0.136. The van der Waals surface area contributed by atoms with Gasteiger partial charge in [0.25, 0.3) is 11.1 Å². The zero-order valence-corrected chi connectivity index (χ0v) is 18.1. The molecule has 0 saturated carbocycles. The van der Waals surface area contributed by atoms with E-state index < -0.39 is 5.56 Å². The van der Waals surface area contributed by atoms with E-state index in [4.69, 9.17) is 17.0 Å². The van der Waals surface area contributed by atoms with Gasteiger partial charge in [0.15, 0.2) is 11.5 Å². The van der Waals surface area contributed by atoms with Crippen LogP contribution in [-0.4, -0.2) is 38.3 Å². The molecule has 0 aliphatic carbocycles. The molecular formula is C22H19N5O4S. The standard InChI is InChI=1S/C22H19N5O4S/c1-12-3-5-16-14(7-12)10-15(20(29)24-16)11-23-27-21(30)17(25-26-22(27)32)8-13-4-6-18(28)19(9-13)31-2/h3-7,9-11,28H,8H2,1-2H3,(H,24,29)(H,26,32)/b23-11+. The zero-order valence-electron chi connectivity index (χ0n) is 17.2. The molecule has 2 heterocycles. The highest BCUT2D eigenvalue weighted by Gasteiger charge is 2.10. The minimum absolute atomic E-state index is 0.00510. The second kappa shape index (κ2) is 8.60. The van der Waals surface area contributed by atoms with Crippen molar-refractivity contribution in [2.75, 3.05) is 7.11 Å². The first kappa shape index (κ1) is 21.2. The Morgan fingerprint density at radius 1 is 1.22 bits per heavy atom. The fourth-order valence-electron chi connectivity index (χ4n) is 3.23. The number of aromatic amines is 2. The van der Waals surface area contributed by atoms with E-state index in [0.29, 0.717) is 11.1 Å². The van der Waals surface area contributed by atoms with E-state index in [-0.39, 0.29) is 39.5 Å². The summed E-state index contributed by atoms with van der Waals surface area (Å²) in [6.07, 6.45) is 1.45. The van der Waals surface area contributed by atoms with Crippen LogP contribution in [0.25, 0.3) is 10.9 Å². The van der Waals surface area contributed by atoms with E-state index in [1.54, 1.807) is 18.2 Å². The molecular weight excluding hydrogens is 430 g/mol. The smallest absolute Gasteiger partial charge is 0.297 e. The lowest BCUT2D eigenvalue weighted by Crippen LogP contribution is -2.25. The van der Waals surface area contributed by atoms with Crippen LogP contribution in [0.2, 0.25) is 0 Å². The van der Waals surface area contributed by atoms with Crippen molar-refractivity contribution in [1.29, 1.82) is 0 Å². The van der Waals surface area contributed by atoms with Gasteiger partial charge in [-0.15, -0.1) is 0 Å². The van der Waals surface area contributed by atoms with Crippen LogP contribution in [-0.2, 0) is 6.42 Å². The predicted molar refractivity (Wildman–Crippen MR) is 123 cm³/mol. The number of hydrogen-bond acceptors (Lipinski definition) is 7. The highest BCUT2D eigenvalue weighted by atomic mass is 32.1. The molecule has 10 heteroatoms. The molecule has 0 aliphatic rings. The van der Waals surface area contributed by atoms with Crippen molar-refractivity contribution in [1.82, 2.24) is 19.9 Å². The highest BCUT2D eigenvalue weighted by molar-refractivity contribution is 7.71. The first-order chi connectivity index (χ1) is 15.4. The molecule has 4 aromatic rings. The lowest BCUT2D eigenvalue weighted by atomic mass is 10.1. The van der Waals surface area contributed by atoms with Gasteiger partial charge in [-0.25, -0.2) is 0 Å². The van der Waals surface area contributed by atoms with Crippen LogP contribution < -0.4 is 15.9 Å². The fourth-order valence-corrected chi connectivity index (χ4v) is 3.40. The average Bonchev–Trinajstić information content (AvgIpc) is 2.77. The summed E-state index contributed by atoms with van der Waals surface area (Å²) >= 11 is 5.15. The molecule has 0 saturated heterocycles. The van der Waals surface area contributed by atoms with Gasteiger partial charge in [0.05, 0.1) is 18.9 Å². The monoisotopic (exact) mass is 449 g/mol. The van der Waals surface area contributed by atoms with Crippen LogP contribution in [0.1, 0.15) is 22.4 Å². The maximum Gasteiger partial charge on any atom is 0.297 e. The van der Waals surface area contributed by atoms with E-state index in [1.807, 2.05) is 25.1 Å². The number of nitrogens with zero attached hydrogens (tertiary/aromatic N) is 3. The number of methoxy groups -OCH3 is 1. The molecule has 4 rings (SSSR count). The molecule has 0 aliphatic heterocycles. The normalized spacial score (nSPS) is 11.3. The maximum absolute atomic E-state index is 12.9. The van der Waals surface area contributed by atoms with E-state index >= 15 is 0 Å². The molecule has 0 bridgehead atoms. The average molecular weight is 449 g/mol. The second-order valence-electron chi connectivity index (χ2n) is 7.16. The summed E-state index contributed by atoms with van der Waals surface area (Å²) in [5.41, 5.74) is 2.05. The Morgan fingerprint density at radius 3 is 2.81 bits per heavy atom. The zero-order chi connectivity index (χ0) is 22.8. The lowest BCUT2D eigenvalue weighted by molar-refractivity contribution is 0.373. The molecule has 162 valence electrons. The Labute approximate surface area is 186 Å². The lowest BCUT2D eigenvalue weighted by Gasteiger charge is -2.07. The third-order valence-corrected chi connectivity index (χ3v) is 5.14. The number of ether oxygens (including phenoxy) is 1. The Morgan fingerprint density at radius 2 is 2.03 bits per heavy atom. The number of pyridine rings is 1. The Kier molecular flexibility index (Phi) is 5.69. The number of aromatic nitrogens is 4. The summed E-state index contributed by atoms with van der Waals surface area (Å²) in [5, 5.41) is 21.4. The molecule has 3 N–H and O–H groups in total. The predicted octanol–water partition coefficient (Wildman–Crippen LogP) is 2.64. The first-order valence-electron chi connectivity index (χ1n) is 9.60. The van der Waals surface area contributed by atoms with Crippen LogP contribution in [0.15, 0.2) is 57.2 Å². The molecule has 0 fully saturated rings. The highest BCUT2D eigenvalue weighted by Crippen LogP contribution is 2.26. The number of nitrogens with one attached hydrogen (secondary N) is 2. The summed E-state index contributed by atoms with van der Waals surface area (Å²) in [4.78, 5) is 28.1. The van der Waals surface area contributed by atoms with E-state index in [9.17, 15) is 14.7 Å². The van der Waals surface area contributed by atoms with Crippen LogP contribution in [0.3, 0.4) is 0 Å². The number of fused-ring (bicyclic) bond motifs is 1. The largest absolute Gasteiger partial charge is 0.504 e. The van der Waals surface area contributed by atoms with Gasteiger partial charge in [0, 0.05) is 11.9 Å². The van der Waals surface area contributed by atoms with Gasteiger partial charge < -0.3 is 14.8 Å². The van der Waals surface area contributed by atoms with Crippen molar-refractivity contribution in [2.24, 2.45) is 5.10 Å². The molecule has 0 spiro atoms. The van der Waals surface area contributed by atoms with Gasteiger partial charge >= 0.3 is 0 Å².